The van der Waals surface area contributed by atoms with E-state index in [0.29, 0.717) is 18.4 Å². The molecule has 0 aromatic carbocycles. The van der Waals surface area contributed by atoms with Crippen LogP contribution in [0.4, 0.5) is 0 Å². The lowest BCUT2D eigenvalue weighted by atomic mass is 9.93. The summed E-state index contributed by atoms with van der Waals surface area (Å²) in [5, 5.41) is 9.96. The van der Waals surface area contributed by atoms with Gasteiger partial charge >= 0.3 is 0 Å². The van der Waals surface area contributed by atoms with Gasteiger partial charge in [-0.3, -0.25) is 10.0 Å². The molecule has 0 aromatic heterocycles. The predicted molar refractivity (Wildman–Crippen MR) is 51.2 cm³/mol. The molecular weight excluding hydrogens is 168 g/mol. The highest BCUT2D eigenvalue weighted by atomic mass is 16.5. The van der Waals surface area contributed by atoms with Gasteiger partial charge in [-0.2, -0.15) is 0 Å². The fraction of sp³-hybridized carbons (Fsp3) is 0.889. The topological polar surface area (TPSA) is 66.6 Å². The Morgan fingerprint density at radius 2 is 2.00 bits per heavy atom. The van der Waals surface area contributed by atoms with E-state index in [1.165, 1.54) is 0 Å². The zero-order valence-corrected chi connectivity index (χ0v) is 8.66. The Hall–Kier alpha value is -0.610. The molecule has 0 aliphatic heterocycles. The van der Waals surface area contributed by atoms with E-state index in [9.17, 15) is 10.0 Å². The summed E-state index contributed by atoms with van der Waals surface area (Å²) in [4.78, 5) is 10.9. The molecule has 1 amide bonds. The Labute approximate surface area is 79.7 Å². The average Bonchev–Trinajstić information content (AvgIpc) is 2.14. The summed E-state index contributed by atoms with van der Waals surface area (Å²) in [5.74, 6) is 0.376. The zero-order chi connectivity index (χ0) is 10.4. The van der Waals surface area contributed by atoms with Crippen LogP contribution in [-0.2, 0) is 4.79 Å². The molecule has 0 saturated carbocycles. The van der Waals surface area contributed by atoms with Crippen LogP contribution < -0.4 is 5.73 Å². The number of rotatable bonds is 5. The summed E-state index contributed by atoms with van der Waals surface area (Å²) in [6.07, 6.45) is 1.05. The van der Waals surface area contributed by atoms with Crippen molar-refractivity contribution in [3.8, 4) is 0 Å². The Morgan fingerprint density at radius 1 is 1.46 bits per heavy atom. The Kier molecular flexibility index (Phi) is 5.66. The van der Waals surface area contributed by atoms with Crippen molar-refractivity contribution in [2.24, 2.45) is 17.6 Å². The molecule has 2 unspecified atom stereocenters. The highest BCUT2D eigenvalue weighted by Gasteiger charge is 2.16. The molecular formula is C9H20N2O2. The van der Waals surface area contributed by atoms with Gasteiger partial charge in [0, 0.05) is 0 Å². The first-order chi connectivity index (χ1) is 6.02. The number of nitrogens with two attached hydrogens (primary N) is 1. The molecule has 0 aliphatic rings. The summed E-state index contributed by atoms with van der Waals surface area (Å²) in [7, 11) is 0. The van der Waals surface area contributed by atoms with Gasteiger partial charge in [-0.15, -0.1) is 0 Å². The molecule has 0 fully saturated rings. The van der Waals surface area contributed by atoms with E-state index in [1.807, 2.05) is 6.92 Å². The fourth-order valence-corrected chi connectivity index (χ4v) is 1.06. The molecule has 0 rings (SSSR count). The van der Waals surface area contributed by atoms with Crippen LogP contribution in [0.15, 0.2) is 0 Å². The summed E-state index contributed by atoms with van der Waals surface area (Å²) >= 11 is 0. The highest BCUT2D eigenvalue weighted by Crippen LogP contribution is 2.14. The lowest BCUT2D eigenvalue weighted by Gasteiger charge is -2.23. The molecule has 0 radical (unpaired) electrons. The minimum absolute atomic E-state index is 0.135. The van der Waals surface area contributed by atoms with Gasteiger partial charge in [0.25, 0.3) is 5.91 Å². The van der Waals surface area contributed by atoms with Gasteiger partial charge in [-0.05, 0) is 11.8 Å². The fourth-order valence-electron chi connectivity index (χ4n) is 1.06. The van der Waals surface area contributed by atoms with Crippen LogP contribution in [0.25, 0.3) is 0 Å². The number of hydroxylamine groups is 2. The highest BCUT2D eigenvalue weighted by molar-refractivity contribution is 5.76. The van der Waals surface area contributed by atoms with Crippen LogP contribution in [-0.4, -0.2) is 29.3 Å². The second-order valence-corrected chi connectivity index (χ2v) is 3.54. The van der Waals surface area contributed by atoms with Crippen molar-refractivity contribution in [3.63, 3.8) is 0 Å². The van der Waals surface area contributed by atoms with Crippen LogP contribution >= 0.6 is 0 Å². The van der Waals surface area contributed by atoms with E-state index >= 15 is 0 Å². The van der Waals surface area contributed by atoms with Crippen LogP contribution in [0.5, 0.6) is 0 Å². The number of nitrogens with zero attached hydrogens (tertiary/aromatic N) is 1. The van der Waals surface area contributed by atoms with Crippen molar-refractivity contribution in [1.29, 1.82) is 0 Å². The lowest BCUT2D eigenvalue weighted by Crippen LogP contribution is -2.37. The van der Waals surface area contributed by atoms with Crippen molar-refractivity contribution < 1.29 is 10.0 Å². The maximum Gasteiger partial charge on any atom is 0.259 e. The minimum atomic E-state index is -0.421. The van der Waals surface area contributed by atoms with E-state index in [1.54, 1.807) is 0 Å². The van der Waals surface area contributed by atoms with Crippen molar-refractivity contribution in [2.45, 2.75) is 27.2 Å². The van der Waals surface area contributed by atoms with Crippen LogP contribution in [0.1, 0.15) is 27.2 Å². The third kappa shape index (κ3) is 4.24. The average molecular weight is 188 g/mol. The van der Waals surface area contributed by atoms with Gasteiger partial charge < -0.3 is 5.73 Å². The quantitative estimate of drug-likeness (QED) is 0.496. The third-order valence-corrected chi connectivity index (χ3v) is 2.54. The maximum absolute atomic E-state index is 10.9. The normalized spacial score (nSPS) is 15.2. The molecule has 4 nitrogen and oxygen atoms in total. The summed E-state index contributed by atoms with van der Waals surface area (Å²) in [6.45, 7) is 6.44. The standard InChI is InChI=1S/C9H20N2O2/c1-4-7(2)8(3)6-11(13)9(12)5-10/h7-8,13H,4-6,10H2,1-3H3. The predicted octanol–water partition coefficient (Wildman–Crippen LogP) is 0.845. The van der Waals surface area contributed by atoms with Crippen molar-refractivity contribution in [2.75, 3.05) is 13.1 Å². The molecule has 2 atom stereocenters. The van der Waals surface area contributed by atoms with E-state index in [4.69, 9.17) is 5.73 Å². The molecule has 13 heavy (non-hydrogen) atoms. The van der Waals surface area contributed by atoms with E-state index in [-0.39, 0.29) is 6.54 Å². The van der Waals surface area contributed by atoms with Gasteiger partial charge in [-0.25, -0.2) is 5.06 Å². The largest absolute Gasteiger partial charge is 0.322 e. The number of hydrogen-bond donors (Lipinski definition) is 2. The third-order valence-electron chi connectivity index (χ3n) is 2.54. The number of carbonyl (C=O) groups excluding carboxylic acids is 1. The summed E-state index contributed by atoms with van der Waals surface area (Å²) in [5.41, 5.74) is 5.11. The first kappa shape index (κ1) is 12.4. The van der Waals surface area contributed by atoms with Crippen molar-refractivity contribution in [3.05, 3.63) is 0 Å². The SMILES string of the molecule is CCC(C)C(C)CN(O)C(=O)CN. The first-order valence-electron chi connectivity index (χ1n) is 4.72. The second kappa shape index (κ2) is 5.94. The second-order valence-electron chi connectivity index (χ2n) is 3.54. The Balaban J connectivity index is 3.90. The lowest BCUT2D eigenvalue weighted by molar-refractivity contribution is -0.166. The molecule has 0 aromatic rings. The van der Waals surface area contributed by atoms with E-state index < -0.39 is 5.91 Å². The van der Waals surface area contributed by atoms with Crippen molar-refractivity contribution in [1.82, 2.24) is 5.06 Å². The van der Waals surface area contributed by atoms with Gasteiger partial charge in [0.2, 0.25) is 0 Å². The smallest absolute Gasteiger partial charge is 0.259 e. The Morgan fingerprint density at radius 3 is 2.38 bits per heavy atom. The van der Waals surface area contributed by atoms with Crippen LogP contribution in [0.3, 0.4) is 0 Å². The molecule has 0 heterocycles. The molecule has 0 aliphatic carbocycles. The molecule has 0 bridgehead atoms. The van der Waals surface area contributed by atoms with Crippen LogP contribution in [0, 0.1) is 11.8 Å². The molecule has 3 N–H and O–H groups in total. The summed E-state index contributed by atoms with van der Waals surface area (Å²) < 4.78 is 0. The molecule has 0 spiro atoms. The van der Waals surface area contributed by atoms with Gasteiger partial charge in [-0.1, -0.05) is 27.2 Å². The van der Waals surface area contributed by atoms with Crippen molar-refractivity contribution >= 4 is 5.91 Å². The van der Waals surface area contributed by atoms with Gasteiger partial charge in [0.15, 0.2) is 0 Å². The summed E-state index contributed by atoms with van der Waals surface area (Å²) in [6, 6.07) is 0. The van der Waals surface area contributed by atoms with E-state index in [0.717, 1.165) is 11.5 Å². The number of hydrogen-bond acceptors (Lipinski definition) is 3. The monoisotopic (exact) mass is 188 g/mol. The number of carbonyl (C=O) groups is 1. The number of amides is 1. The Bertz CT molecular complexity index is 162. The maximum atomic E-state index is 10.9. The molecule has 4 heteroatoms. The van der Waals surface area contributed by atoms with E-state index in [2.05, 4.69) is 13.8 Å². The zero-order valence-electron chi connectivity index (χ0n) is 8.66. The first-order valence-corrected chi connectivity index (χ1v) is 4.72. The molecule has 78 valence electrons. The van der Waals surface area contributed by atoms with Crippen LogP contribution in [0.2, 0.25) is 0 Å². The molecule has 0 saturated heterocycles. The van der Waals surface area contributed by atoms with Gasteiger partial charge in [0.05, 0.1) is 13.1 Å². The van der Waals surface area contributed by atoms with Gasteiger partial charge in [0.1, 0.15) is 0 Å². The minimum Gasteiger partial charge on any atom is -0.322 e.